The Labute approximate surface area is 149 Å². The van der Waals surface area contributed by atoms with Crippen molar-refractivity contribution in [2.24, 2.45) is 0 Å². The molecule has 0 unspecified atom stereocenters. The number of pyridine rings is 1. The van der Waals surface area contributed by atoms with Gasteiger partial charge < -0.3 is 9.30 Å². The van der Waals surface area contributed by atoms with E-state index in [0.717, 1.165) is 18.2 Å². The number of ether oxygens (including phenoxy) is 1. The predicted molar refractivity (Wildman–Crippen MR) is 88.8 cm³/mol. The molecule has 3 aromatic rings. The summed E-state index contributed by atoms with van der Waals surface area (Å²) in [6, 6.07) is 4.63. The highest BCUT2D eigenvalue weighted by molar-refractivity contribution is 5.89. The van der Waals surface area contributed by atoms with E-state index in [1.807, 2.05) is 0 Å². The van der Waals surface area contributed by atoms with Gasteiger partial charge in [-0.25, -0.2) is 4.39 Å². The van der Waals surface area contributed by atoms with Crippen LogP contribution < -0.4 is 10.2 Å². The molecule has 0 spiro atoms. The van der Waals surface area contributed by atoms with Gasteiger partial charge in [0, 0.05) is 11.8 Å². The van der Waals surface area contributed by atoms with E-state index in [2.05, 4.69) is 0 Å². The molecule has 1 atom stereocenters. The van der Waals surface area contributed by atoms with Gasteiger partial charge in [0.1, 0.15) is 6.61 Å². The van der Waals surface area contributed by atoms with Crippen molar-refractivity contribution in [3.8, 4) is 16.9 Å². The lowest BCUT2D eigenvalue weighted by atomic mass is 10.0. The molecular formula is C19H12F5NO2. The van der Waals surface area contributed by atoms with Crippen LogP contribution in [-0.2, 0) is 6.18 Å². The van der Waals surface area contributed by atoms with Gasteiger partial charge in [0.2, 0.25) is 5.82 Å². The van der Waals surface area contributed by atoms with E-state index in [-0.39, 0.29) is 40.4 Å². The van der Waals surface area contributed by atoms with Gasteiger partial charge in [-0.1, -0.05) is 12.1 Å². The molecule has 0 aliphatic carbocycles. The molecule has 1 aromatic heterocycles. The molecule has 3 nitrogen and oxygen atoms in total. The predicted octanol–water partition coefficient (Wildman–Crippen LogP) is 4.92. The summed E-state index contributed by atoms with van der Waals surface area (Å²) in [5.41, 5.74) is -0.969. The zero-order chi connectivity index (χ0) is 19.5. The average Bonchev–Trinajstić information content (AvgIpc) is 2.62. The zero-order valence-corrected chi connectivity index (χ0v) is 13.9. The molecule has 0 saturated carbocycles. The third-order valence-electron chi connectivity index (χ3n) is 4.63. The molecule has 0 bridgehead atoms. The molecule has 2 aromatic carbocycles. The summed E-state index contributed by atoms with van der Waals surface area (Å²) < 4.78 is 73.1. The third kappa shape index (κ3) is 2.67. The molecule has 4 rings (SSSR count). The van der Waals surface area contributed by atoms with Gasteiger partial charge in [-0.2, -0.15) is 17.6 Å². The van der Waals surface area contributed by atoms with Crippen molar-refractivity contribution in [2.75, 3.05) is 6.61 Å². The second kappa shape index (κ2) is 5.80. The zero-order valence-electron chi connectivity index (χ0n) is 13.9. The van der Waals surface area contributed by atoms with Gasteiger partial charge in [-0.05, 0) is 30.7 Å². The van der Waals surface area contributed by atoms with Crippen molar-refractivity contribution in [1.82, 2.24) is 4.57 Å². The number of nitrogens with zero attached hydrogens (tertiary/aromatic N) is 1. The molecule has 27 heavy (non-hydrogen) atoms. The molecular weight excluding hydrogens is 369 g/mol. The highest BCUT2D eigenvalue weighted by Gasteiger charge is 2.30. The normalized spacial score (nSPS) is 16.4. The monoisotopic (exact) mass is 381 g/mol. The molecule has 8 heteroatoms. The van der Waals surface area contributed by atoms with E-state index in [1.54, 1.807) is 11.5 Å². The summed E-state index contributed by atoms with van der Waals surface area (Å²) in [4.78, 5) is 12.8. The fraction of sp³-hybridized carbons (Fsp3) is 0.211. The summed E-state index contributed by atoms with van der Waals surface area (Å²) in [7, 11) is 0. The van der Waals surface area contributed by atoms with Crippen LogP contribution in [0.4, 0.5) is 22.0 Å². The van der Waals surface area contributed by atoms with Gasteiger partial charge >= 0.3 is 6.18 Å². The molecule has 0 amide bonds. The smallest absolute Gasteiger partial charge is 0.416 e. The second-order valence-electron chi connectivity index (χ2n) is 6.41. The SMILES string of the molecule is C[C@H]1COc2c(F)c(F)cc3c(=O)c(-c4ccc(C(F)(F)F)cc4)cn1c23. The van der Waals surface area contributed by atoms with Crippen LogP contribution >= 0.6 is 0 Å². The van der Waals surface area contributed by atoms with E-state index in [0.29, 0.717) is 0 Å². The van der Waals surface area contributed by atoms with Gasteiger partial charge in [0.25, 0.3) is 0 Å². The number of alkyl halides is 3. The van der Waals surface area contributed by atoms with Gasteiger partial charge in [-0.15, -0.1) is 0 Å². The molecule has 140 valence electrons. The quantitative estimate of drug-likeness (QED) is 0.561. The molecule has 0 fully saturated rings. The molecule has 0 saturated heterocycles. The molecule has 1 aliphatic heterocycles. The first kappa shape index (κ1) is 17.5. The summed E-state index contributed by atoms with van der Waals surface area (Å²) in [5.74, 6) is -2.73. The minimum atomic E-state index is -4.50. The maximum atomic E-state index is 14.1. The lowest BCUT2D eigenvalue weighted by molar-refractivity contribution is -0.137. The van der Waals surface area contributed by atoms with Crippen molar-refractivity contribution in [3.05, 3.63) is 63.9 Å². The minimum absolute atomic E-state index is 0.0673. The van der Waals surface area contributed by atoms with Crippen LogP contribution in [0.25, 0.3) is 22.0 Å². The maximum Gasteiger partial charge on any atom is 0.416 e. The highest BCUT2D eigenvalue weighted by atomic mass is 19.4. The van der Waals surface area contributed by atoms with E-state index in [1.165, 1.54) is 18.3 Å². The van der Waals surface area contributed by atoms with Gasteiger partial charge in [-0.3, -0.25) is 4.79 Å². The van der Waals surface area contributed by atoms with Crippen molar-refractivity contribution < 1.29 is 26.7 Å². The van der Waals surface area contributed by atoms with Crippen LogP contribution in [0.3, 0.4) is 0 Å². The summed E-state index contributed by atoms with van der Waals surface area (Å²) >= 11 is 0. The second-order valence-corrected chi connectivity index (χ2v) is 6.41. The molecule has 2 heterocycles. The standard InChI is InChI=1S/C19H12F5NO2/c1-9-8-27-18-15(21)14(20)6-12-16(18)25(9)7-13(17(12)26)10-2-4-11(5-3-10)19(22,23)24/h2-7,9H,8H2,1H3/t9-/m0/s1. The number of halogens is 5. The number of aromatic nitrogens is 1. The van der Waals surface area contributed by atoms with Gasteiger partial charge in [0.05, 0.1) is 22.5 Å². The number of rotatable bonds is 1. The first-order valence-electron chi connectivity index (χ1n) is 8.05. The summed E-state index contributed by atoms with van der Waals surface area (Å²) in [5, 5.41) is -0.0900. The first-order chi connectivity index (χ1) is 12.7. The summed E-state index contributed by atoms with van der Waals surface area (Å²) in [6.07, 6.45) is -3.05. The molecule has 0 N–H and O–H groups in total. The van der Waals surface area contributed by atoms with E-state index >= 15 is 0 Å². The van der Waals surface area contributed by atoms with Crippen molar-refractivity contribution >= 4 is 10.9 Å². The Kier molecular flexibility index (Phi) is 3.76. The average molecular weight is 381 g/mol. The number of benzene rings is 2. The van der Waals surface area contributed by atoms with Crippen molar-refractivity contribution in [1.29, 1.82) is 0 Å². The fourth-order valence-corrected chi connectivity index (χ4v) is 3.24. The number of hydrogen-bond acceptors (Lipinski definition) is 2. The van der Waals surface area contributed by atoms with Crippen molar-refractivity contribution in [3.63, 3.8) is 0 Å². The Morgan fingerprint density at radius 1 is 1.15 bits per heavy atom. The highest BCUT2D eigenvalue weighted by Crippen LogP contribution is 2.37. The van der Waals surface area contributed by atoms with Crippen LogP contribution in [0.15, 0.2) is 41.3 Å². The fourth-order valence-electron chi connectivity index (χ4n) is 3.24. The largest absolute Gasteiger partial charge is 0.486 e. The van der Waals surface area contributed by atoms with Gasteiger partial charge in [0.15, 0.2) is 17.0 Å². The molecule has 1 aliphatic rings. The third-order valence-corrected chi connectivity index (χ3v) is 4.63. The van der Waals surface area contributed by atoms with E-state index in [9.17, 15) is 26.7 Å². The lowest BCUT2D eigenvalue weighted by Gasteiger charge is -2.27. The Balaban J connectivity index is 2.00. The Hall–Kier alpha value is -2.90. The van der Waals surface area contributed by atoms with Crippen LogP contribution in [0.2, 0.25) is 0 Å². The molecule has 0 radical (unpaired) electrons. The lowest BCUT2D eigenvalue weighted by Crippen LogP contribution is -2.25. The Morgan fingerprint density at radius 3 is 2.44 bits per heavy atom. The maximum absolute atomic E-state index is 14.1. The van der Waals surface area contributed by atoms with Crippen LogP contribution in [0.5, 0.6) is 5.75 Å². The van der Waals surface area contributed by atoms with Crippen LogP contribution in [-0.4, -0.2) is 11.2 Å². The Morgan fingerprint density at radius 2 is 1.81 bits per heavy atom. The van der Waals surface area contributed by atoms with Crippen LogP contribution in [0, 0.1) is 11.6 Å². The topological polar surface area (TPSA) is 31.2 Å². The van der Waals surface area contributed by atoms with E-state index < -0.39 is 28.8 Å². The van der Waals surface area contributed by atoms with Crippen molar-refractivity contribution in [2.45, 2.75) is 19.1 Å². The Bertz CT molecular complexity index is 1120. The number of hydrogen-bond donors (Lipinski definition) is 0. The minimum Gasteiger partial charge on any atom is -0.486 e. The van der Waals surface area contributed by atoms with Crippen LogP contribution in [0.1, 0.15) is 18.5 Å². The van der Waals surface area contributed by atoms with E-state index in [4.69, 9.17) is 4.74 Å². The first-order valence-corrected chi connectivity index (χ1v) is 8.05. The summed E-state index contributed by atoms with van der Waals surface area (Å²) in [6.45, 7) is 1.84.